The molecular weight excluding hydrogens is 466 g/mol. The van der Waals surface area contributed by atoms with Gasteiger partial charge in [-0.25, -0.2) is 0 Å². The molecule has 34 heavy (non-hydrogen) atoms. The van der Waals surface area contributed by atoms with E-state index in [1.165, 1.54) is 31.0 Å². The minimum Gasteiger partial charge on any atom is -0.468 e. The van der Waals surface area contributed by atoms with E-state index < -0.39 is 24.3 Å². The van der Waals surface area contributed by atoms with Gasteiger partial charge in [-0.1, -0.05) is 26.7 Å². The molecule has 8 nitrogen and oxygen atoms in total. The van der Waals surface area contributed by atoms with Crippen molar-refractivity contribution in [3.8, 4) is 5.88 Å². The first kappa shape index (κ1) is 25.2. The minimum absolute atomic E-state index is 0.0199. The van der Waals surface area contributed by atoms with Crippen LogP contribution in [0, 0.1) is 23.7 Å². The van der Waals surface area contributed by atoms with Crippen LogP contribution in [0.15, 0.2) is 9.42 Å². The van der Waals surface area contributed by atoms with Gasteiger partial charge in [-0.05, 0) is 54.5 Å². The number of alkyl halides is 2. The Morgan fingerprint density at radius 2 is 2.03 bits per heavy atom. The van der Waals surface area contributed by atoms with E-state index in [1.807, 2.05) is 19.2 Å². The molecule has 3 aliphatic carbocycles. The molecule has 3 aliphatic rings. The molecule has 2 amide bonds. The van der Waals surface area contributed by atoms with Crippen molar-refractivity contribution in [1.29, 1.82) is 0 Å². The monoisotopic (exact) mass is 500 g/mol. The summed E-state index contributed by atoms with van der Waals surface area (Å²) in [5.74, 6) is -3.51. The number of carbonyl (C=O) groups excluding carboxylic acids is 2. The Hall–Kier alpha value is -1.88. The molecule has 11 heteroatoms. The van der Waals surface area contributed by atoms with Crippen LogP contribution < -0.4 is 21.1 Å². The van der Waals surface area contributed by atoms with E-state index in [2.05, 4.69) is 10.5 Å². The maximum Gasteiger partial charge on any atom is 0.357 e. The molecule has 5 atom stereocenters. The largest absolute Gasteiger partial charge is 0.468 e. The Labute approximate surface area is 202 Å². The topological polar surface area (TPSA) is 119 Å². The van der Waals surface area contributed by atoms with Crippen LogP contribution in [-0.4, -0.2) is 53.9 Å². The van der Waals surface area contributed by atoms with E-state index in [4.69, 9.17) is 15.0 Å². The highest BCUT2D eigenvalue weighted by Crippen LogP contribution is 2.53. The number of halogens is 2. The number of hydrogen-bond donors (Lipinski definition) is 3. The Balaban J connectivity index is 1.47. The van der Waals surface area contributed by atoms with Crippen molar-refractivity contribution in [2.45, 2.75) is 74.5 Å². The number of nitrogens with one attached hydrogen (secondary N) is 2. The molecule has 5 unspecified atom stereocenters. The molecule has 0 aliphatic heterocycles. The molecular formula is C23H34F2N4O4S. The van der Waals surface area contributed by atoms with Crippen LogP contribution >= 0.6 is 11.8 Å². The van der Waals surface area contributed by atoms with E-state index in [-0.39, 0.29) is 40.9 Å². The Bertz CT molecular complexity index is 896. The lowest BCUT2D eigenvalue weighted by Crippen LogP contribution is -2.45. The molecule has 0 aromatic carbocycles. The predicted molar refractivity (Wildman–Crippen MR) is 123 cm³/mol. The summed E-state index contributed by atoms with van der Waals surface area (Å²) >= 11 is 1.25. The summed E-state index contributed by atoms with van der Waals surface area (Å²) in [4.78, 5) is 25.2. The van der Waals surface area contributed by atoms with Gasteiger partial charge < -0.3 is 25.6 Å². The molecule has 3 saturated carbocycles. The molecule has 1 aromatic heterocycles. The second kappa shape index (κ2) is 10.4. The standard InChI is InChI=1S/C23H34F2N4O4S/c1-12(2)34-19-18(33-29-21(19)32-11-23(24,25)22(31)27-7-6-26)20(30)28-17-15-9-13-4-3-5-16(17)14(8-13)10-15/h12-17H,3-11,26H2,1-2H3,(H,27,31)(H,28,30). The highest BCUT2D eigenvalue weighted by molar-refractivity contribution is 8.00. The van der Waals surface area contributed by atoms with Crippen LogP contribution in [0.4, 0.5) is 8.78 Å². The van der Waals surface area contributed by atoms with Crippen molar-refractivity contribution >= 4 is 23.6 Å². The summed E-state index contributed by atoms with van der Waals surface area (Å²) in [5.41, 5.74) is 5.24. The van der Waals surface area contributed by atoms with Crippen molar-refractivity contribution in [3.05, 3.63) is 5.76 Å². The Kier molecular flexibility index (Phi) is 7.71. The SMILES string of the molecule is CC(C)Sc1c(OCC(F)(F)C(=O)NCCN)noc1C(=O)NC1C2CC3CCCC1C(C3)C2. The zero-order chi connectivity index (χ0) is 24.5. The zero-order valence-corrected chi connectivity index (χ0v) is 20.5. The lowest BCUT2D eigenvalue weighted by molar-refractivity contribution is -0.149. The van der Waals surface area contributed by atoms with E-state index in [0.29, 0.717) is 17.8 Å². The van der Waals surface area contributed by atoms with Crippen LogP contribution in [0.1, 0.15) is 62.9 Å². The normalized spacial score (nSPS) is 28.1. The summed E-state index contributed by atoms with van der Waals surface area (Å²) < 4.78 is 38.9. The first-order valence-corrected chi connectivity index (χ1v) is 13.0. The van der Waals surface area contributed by atoms with Crippen LogP contribution in [0.5, 0.6) is 5.88 Å². The van der Waals surface area contributed by atoms with E-state index in [9.17, 15) is 18.4 Å². The summed E-state index contributed by atoms with van der Waals surface area (Å²) in [6.45, 7) is 2.56. The number of thioether (sulfide) groups is 1. The van der Waals surface area contributed by atoms with Crippen molar-refractivity contribution in [2.75, 3.05) is 19.7 Å². The summed E-state index contributed by atoms with van der Waals surface area (Å²) in [6, 6.07) is 0.102. The first-order chi connectivity index (χ1) is 16.2. The van der Waals surface area contributed by atoms with Gasteiger partial charge in [-0.15, -0.1) is 11.8 Å². The van der Waals surface area contributed by atoms with Crippen molar-refractivity contribution in [3.63, 3.8) is 0 Å². The van der Waals surface area contributed by atoms with Gasteiger partial charge in [0, 0.05) is 24.4 Å². The second-order valence-corrected chi connectivity index (χ2v) is 11.6. The molecule has 0 saturated heterocycles. The fourth-order valence-corrected chi connectivity index (χ4v) is 6.84. The molecule has 4 rings (SSSR count). The van der Waals surface area contributed by atoms with Gasteiger partial charge in [-0.3, -0.25) is 9.59 Å². The molecule has 3 fully saturated rings. The van der Waals surface area contributed by atoms with Gasteiger partial charge >= 0.3 is 5.92 Å². The summed E-state index contributed by atoms with van der Waals surface area (Å²) in [6.07, 6.45) is 7.19. The van der Waals surface area contributed by atoms with Gasteiger partial charge in [0.2, 0.25) is 5.76 Å². The lowest BCUT2D eigenvalue weighted by Gasteiger charge is -2.29. The highest BCUT2D eigenvalue weighted by Gasteiger charge is 2.50. The maximum atomic E-state index is 14.2. The van der Waals surface area contributed by atoms with Crippen LogP contribution in [0.2, 0.25) is 0 Å². The fraction of sp³-hybridized carbons (Fsp3) is 0.783. The molecule has 1 aromatic rings. The predicted octanol–water partition coefficient (Wildman–Crippen LogP) is 3.21. The number of amides is 2. The maximum absolute atomic E-state index is 14.2. The number of ether oxygens (including phenoxy) is 1. The molecule has 1 heterocycles. The average Bonchev–Trinajstić information content (AvgIpc) is 3.23. The van der Waals surface area contributed by atoms with E-state index >= 15 is 0 Å². The minimum atomic E-state index is -3.78. The third-order valence-corrected chi connectivity index (χ3v) is 8.30. The zero-order valence-electron chi connectivity index (χ0n) is 19.6. The van der Waals surface area contributed by atoms with Gasteiger partial charge in [0.25, 0.3) is 17.7 Å². The third-order valence-electron chi connectivity index (χ3n) is 7.23. The van der Waals surface area contributed by atoms with Gasteiger partial charge in [-0.2, -0.15) is 8.78 Å². The molecule has 0 radical (unpaired) electrons. The fourth-order valence-electron chi connectivity index (χ4n) is 5.94. The number of carbonyl (C=O) groups is 2. The number of hydrogen-bond acceptors (Lipinski definition) is 7. The van der Waals surface area contributed by atoms with Crippen molar-refractivity contribution < 1.29 is 27.6 Å². The number of nitrogens with zero attached hydrogens (tertiary/aromatic N) is 1. The average molecular weight is 501 g/mol. The molecule has 4 N–H and O–H groups in total. The highest BCUT2D eigenvalue weighted by atomic mass is 32.2. The van der Waals surface area contributed by atoms with Crippen molar-refractivity contribution in [1.82, 2.24) is 15.8 Å². The molecule has 190 valence electrons. The van der Waals surface area contributed by atoms with Crippen LogP contribution in [-0.2, 0) is 4.79 Å². The van der Waals surface area contributed by atoms with Gasteiger partial charge in [0.15, 0.2) is 6.61 Å². The number of nitrogens with two attached hydrogens (primary N) is 1. The second-order valence-electron chi connectivity index (χ2n) is 10.0. The van der Waals surface area contributed by atoms with Crippen LogP contribution in [0.25, 0.3) is 0 Å². The number of aromatic nitrogens is 1. The van der Waals surface area contributed by atoms with E-state index in [1.54, 1.807) is 0 Å². The third kappa shape index (κ3) is 5.35. The molecule has 0 spiro atoms. The van der Waals surface area contributed by atoms with E-state index in [0.717, 1.165) is 25.2 Å². The smallest absolute Gasteiger partial charge is 0.357 e. The number of rotatable bonds is 10. The summed E-state index contributed by atoms with van der Waals surface area (Å²) in [7, 11) is 0. The number of fused-ring (bicyclic) bond motifs is 2. The Morgan fingerprint density at radius 1 is 1.26 bits per heavy atom. The van der Waals surface area contributed by atoms with Crippen molar-refractivity contribution in [2.24, 2.45) is 29.4 Å². The Morgan fingerprint density at radius 3 is 2.76 bits per heavy atom. The molecule has 3 bridgehead atoms. The first-order valence-electron chi connectivity index (χ1n) is 12.2. The van der Waals surface area contributed by atoms with Gasteiger partial charge in [0.05, 0.1) is 0 Å². The summed E-state index contributed by atoms with van der Waals surface area (Å²) in [5, 5.41) is 9.02. The van der Waals surface area contributed by atoms with Crippen LogP contribution in [0.3, 0.4) is 0 Å². The quantitative estimate of drug-likeness (QED) is 0.422. The van der Waals surface area contributed by atoms with Gasteiger partial charge in [0.1, 0.15) is 4.90 Å². The lowest BCUT2D eigenvalue weighted by atomic mass is 9.79.